The number of nitrogens with zero attached hydrogens (tertiary/aromatic N) is 2. The van der Waals surface area contributed by atoms with Crippen molar-refractivity contribution in [2.24, 2.45) is 0 Å². The number of likely N-dealkylation sites (N-methyl/N-ethyl adjacent to an activating group) is 1. The summed E-state index contributed by atoms with van der Waals surface area (Å²) in [4.78, 5) is 2.32. The van der Waals surface area contributed by atoms with Gasteiger partial charge in [0.15, 0.2) is 5.71 Å². The first-order valence-electron chi connectivity index (χ1n) is 18.9. The van der Waals surface area contributed by atoms with Gasteiger partial charge in [0.05, 0.1) is 5.41 Å². The predicted octanol–water partition coefficient (Wildman–Crippen LogP) is 9.18. The third kappa shape index (κ3) is 6.70. The SMILES string of the molecule is CN1/C(=C/C=C/C2=[N+](C)c3ccccc3C2(C)C)C(C)(C)c2ccccc21.Fc1ccc([B-](c2ccc(F)cc2)(c2ccc(F)cc2)c2ccc(F)cc2)cc1. The standard InChI is InChI=1S/C25H29N2.C24H16BF4/c1-24(2)18-12-7-9-14-20(18)26(5)22(24)16-11-17-23-25(3,4)19-13-8-10-15-21(19)27(23)6;26-21-9-1-17(2-10-21)25(18-3-11-22(27)12-4-18,19-5-13-23(28)14-6-19)20-7-15-24(29)16-8-20/h7-17H,1-6H3;1-16H/q+1;-1. The Labute approximate surface area is 327 Å². The molecule has 2 nitrogen and oxygen atoms in total. The van der Waals surface area contributed by atoms with Gasteiger partial charge in [-0.3, -0.25) is 0 Å². The predicted molar refractivity (Wildman–Crippen MR) is 225 cm³/mol. The van der Waals surface area contributed by atoms with Gasteiger partial charge in [-0.15, -0.1) is 0 Å². The fraction of sp³-hybridized carbons (Fsp3) is 0.163. The summed E-state index contributed by atoms with van der Waals surface area (Å²) in [6, 6.07) is 41.5. The Morgan fingerprint density at radius 2 is 0.911 bits per heavy atom. The van der Waals surface area contributed by atoms with Crippen LogP contribution in [-0.4, -0.2) is 30.5 Å². The van der Waals surface area contributed by atoms with Crippen molar-refractivity contribution >= 4 is 45.1 Å². The van der Waals surface area contributed by atoms with Crippen LogP contribution in [0.3, 0.4) is 0 Å². The third-order valence-corrected chi connectivity index (χ3v) is 11.9. The molecule has 7 heteroatoms. The van der Waals surface area contributed by atoms with E-state index in [2.05, 4.69) is 118 Å². The molecule has 0 atom stereocenters. The van der Waals surface area contributed by atoms with Crippen LogP contribution in [0.1, 0.15) is 38.8 Å². The lowest BCUT2D eigenvalue weighted by Crippen LogP contribution is -2.74. The minimum absolute atomic E-state index is 0.0143. The van der Waals surface area contributed by atoms with Gasteiger partial charge < -0.3 is 4.90 Å². The van der Waals surface area contributed by atoms with Crippen molar-refractivity contribution in [3.63, 3.8) is 0 Å². The van der Waals surface area contributed by atoms with Gasteiger partial charge in [-0.1, -0.05) is 105 Å². The summed E-state index contributed by atoms with van der Waals surface area (Å²) < 4.78 is 57.1. The van der Waals surface area contributed by atoms with E-state index >= 15 is 0 Å². The molecule has 0 N–H and O–H groups in total. The molecule has 0 aliphatic carbocycles. The van der Waals surface area contributed by atoms with Crippen molar-refractivity contribution in [3.8, 4) is 0 Å². The molecular weight excluding hydrogens is 703 g/mol. The van der Waals surface area contributed by atoms with Crippen molar-refractivity contribution in [2.75, 3.05) is 19.0 Å². The number of para-hydroxylation sites is 2. The molecule has 0 unspecified atom stereocenters. The maximum atomic E-state index is 13.7. The normalized spacial score (nSPS) is 16.2. The van der Waals surface area contributed by atoms with Crippen molar-refractivity contribution in [2.45, 2.75) is 38.5 Å². The third-order valence-electron chi connectivity index (χ3n) is 11.9. The summed E-state index contributed by atoms with van der Waals surface area (Å²) >= 11 is 0. The van der Waals surface area contributed by atoms with E-state index in [4.69, 9.17) is 0 Å². The highest BCUT2D eigenvalue weighted by molar-refractivity contribution is 7.19. The van der Waals surface area contributed by atoms with Gasteiger partial charge in [-0.25, -0.2) is 17.6 Å². The minimum Gasteiger partial charge on any atom is -0.347 e. The molecule has 2 heterocycles. The fourth-order valence-corrected chi connectivity index (χ4v) is 8.99. The number of hydrogen-bond acceptors (Lipinski definition) is 1. The zero-order valence-electron chi connectivity index (χ0n) is 32.6. The molecular formula is C49H45BF4N2. The molecule has 0 spiro atoms. The quantitative estimate of drug-likeness (QED) is 0.0936. The van der Waals surface area contributed by atoms with E-state index in [1.54, 1.807) is 48.5 Å². The first-order valence-corrected chi connectivity index (χ1v) is 18.9. The Morgan fingerprint density at radius 3 is 1.32 bits per heavy atom. The Bertz CT molecular complexity index is 2280. The molecule has 282 valence electrons. The smallest absolute Gasteiger partial charge is 0.209 e. The molecule has 2 aliphatic heterocycles. The van der Waals surface area contributed by atoms with Crippen molar-refractivity contribution in [1.82, 2.24) is 0 Å². The van der Waals surface area contributed by atoms with Gasteiger partial charge >= 0.3 is 0 Å². The van der Waals surface area contributed by atoms with Gasteiger partial charge in [0.25, 0.3) is 0 Å². The monoisotopic (exact) mass is 748 g/mol. The second-order valence-corrected chi connectivity index (χ2v) is 15.8. The molecule has 2 aliphatic rings. The van der Waals surface area contributed by atoms with Gasteiger partial charge in [-0.2, -0.15) is 26.4 Å². The summed E-state index contributed by atoms with van der Waals surface area (Å²) in [6.45, 7) is 9.24. The van der Waals surface area contributed by atoms with Gasteiger partial charge in [0, 0.05) is 41.6 Å². The summed E-state index contributed by atoms with van der Waals surface area (Å²) in [6.07, 6.45) is 4.84. The zero-order chi connectivity index (χ0) is 39.8. The van der Waals surface area contributed by atoms with E-state index in [1.165, 1.54) is 82.4 Å². The number of rotatable bonds is 6. The first-order chi connectivity index (χ1) is 26.8. The summed E-state index contributed by atoms with van der Waals surface area (Å²) in [5.41, 5.74) is 11.1. The van der Waals surface area contributed by atoms with Crippen molar-refractivity contribution in [1.29, 1.82) is 0 Å². The average molecular weight is 749 g/mol. The average Bonchev–Trinajstić information content (AvgIpc) is 3.51. The number of hydrogen-bond donors (Lipinski definition) is 0. The van der Waals surface area contributed by atoms with Crippen LogP contribution in [0.15, 0.2) is 170 Å². The lowest BCUT2D eigenvalue weighted by atomic mass is 9.13. The fourth-order valence-electron chi connectivity index (χ4n) is 8.99. The van der Waals surface area contributed by atoms with Crippen LogP contribution in [0, 0.1) is 23.3 Å². The molecule has 0 radical (unpaired) electrons. The van der Waals surface area contributed by atoms with E-state index in [1.807, 2.05) is 0 Å². The highest BCUT2D eigenvalue weighted by atomic mass is 19.1. The summed E-state index contributed by atoms with van der Waals surface area (Å²) in [7, 11) is 4.34. The van der Waals surface area contributed by atoms with E-state index in [0.717, 1.165) is 21.9 Å². The molecule has 0 aromatic heterocycles. The summed E-state index contributed by atoms with van der Waals surface area (Å²) in [5, 5.41) is 0. The Kier molecular flexibility index (Phi) is 10.2. The maximum Gasteiger partial charge on any atom is 0.209 e. The van der Waals surface area contributed by atoms with Crippen molar-refractivity contribution < 1.29 is 22.1 Å². The first kappa shape index (κ1) is 38.3. The topological polar surface area (TPSA) is 6.25 Å². The van der Waals surface area contributed by atoms with E-state index in [-0.39, 0.29) is 10.8 Å². The molecule has 0 bridgehead atoms. The van der Waals surface area contributed by atoms with Gasteiger partial charge in [0.2, 0.25) is 5.69 Å². The van der Waals surface area contributed by atoms with Crippen molar-refractivity contribution in [3.05, 3.63) is 204 Å². The van der Waals surface area contributed by atoms with Crippen LogP contribution in [0.25, 0.3) is 0 Å². The number of allylic oxidation sites excluding steroid dienone is 4. The molecule has 56 heavy (non-hydrogen) atoms. The molecule has 0 saturated carbocycles. The highest BCUT2D eigenvalue weighted by Crippen LogP contribution is 2.46. The number of fused-ring (bicyclic) bond motifs is 2. The molecule has 0 amide bonds. The largest absolute Gasteiger partial charge is 0.347 e. The van der Waals surface area contributed by atoms with Crippen LogP contribution in [0.4, 0.5) is 28.9 Å². The Morgan fingerprint density at radius 1 is 0.518 bits per heavy atom. The molecule has 0 saturated heterocycles. The Balaban J connectivity index is 0.000000172. The lowest BCUT2D eigenvalue weighted by molar-refractivity contribution is -0.401. The van der Waals surface area contributed by atoms with E-state index < -0.39 is 29.4 Å². The molecule has 8 rings (SSSR count). The van der Waals surface area contributed by atoms with Crippen LogP contribution in [0.5, 0.6) is 0 Å². The van der Waals surface area contributed by atoms with Gasteiger partial charge in [-0.05, 0) is 80.1 Å². The van der Waals surface area contributed by atoms with Gasteiger partial charge in [0.1, 0.15) is 36.5 Å². The zero-order valence-corrected chi connectivity index (χ0v) is 32.6. The lowest BCUT2D eigenvalue weighted by Gasteiger charge is -2.44. The molecule has 6 aromatic rings. The number of benzene rings is 6. The van der Waals surface area contributed by atoms with Crippen LogP contribution >= 0.6 is 0 Å². The van der Waals surface area contributed by atoms with Crippen LogP contribution < -0.4 is 26.8 Å². The second kappa shape index (κ2) is 14.9. The maximum absolute atomic E-state index is 13.7. The highest BCUT2D eigenvalue weighted by Gasteiger charge is 2.43. The molecule has 0 fully saturated rings. The van der Waals surface area contributed by atoms with E-state index in [0.29, 0.717) is 0 Å². The molecule has 6 aromatic carbocycles. The second-order valence-electron chi connectivity index (χ2n) is 15.8. The van der Waals surface area contributed by atoms with Crippen LogP contribution in [0.2, 0.25) is 0 Å². The minimum atomic E-state index is -1.94. The number of halogens is 4. The van der Waals surface area contributed by atoms with E-state index in [9.17, 15) is 17.6 Å². The Hall–Kier alpha value is -5.95. The number of anilines is 1. The summed E-state index contributed by atoms with van der Waals surface area (Å²) in [5.74, 6) is -1.57. The van der Waals surface area contributed by atoms with Crippen LogP contribution in [-0.2, 0) is 10.8 Å².